The van der Waals surface area contributed by atoms with Crippen molar-refractivity contribution in [1.82, 2.24) is 9.88 Å². The molecule has 0 radical (unpaired) electrons. The number of anilines is 1. The first-order chi connectivity index (χ1) is 8.63. The fourth-order valence-corrected chi connectivity index (χ4v) is 2.06. The number of carbonyl (C=O) groups excluding carboxylic acids is 1. The van der Waals surface area contributed by atoms with E-state index >= 15 is 0 Å². The zero-order valence-electron chi connectivity index (χ0n) is 10.5. The lowest BCUT2D eigenvalue weighted by Gasteiger charge is -2.22. The third-order valence-corrected chi connectivity index (χ3v) is 3.42. The number of nitrogens with zero attached hydrogens (tertiary/aromatic N) is 2. The molecule has 1 aliphatic rings. The van der Waals surface area contributed by atoms with Crippen LogP contribution in [0.5, 0.6) is 0 Å². The molecular formula is C13H18ClN3O. The van der Waals surface area contributed by atoms with E-state index < -0.39 is 0 Å². The molecular weight excluding hydrogens is 250 g/mol. The Kier molecular flexibility index (Phi) is 4.07. The van der Waals surface area contributed by atoms with Crippen molar-refractivity contribution in [3.8, 4) is 0 Å². The zero-order chi connectivity index (χ0) is 13.1. The number of halogens is 1. The van der Waals surface area contributed by atoms with E-state index in [-0.39, 0.29) is 11.7 Å². The van der Waals surface area contributed by atoms with Crippen molar-refractivity contribution in [3.05, 3.63) is 22.8 Å². The van der Waals surface area contributed by atoms with Crippen molar-refractivity contribution < 1.29 is 4.79 Å². The molecule has 1 aromatic heterocycles. The van der Waals surface area contributed by atoms with Crippen LogP contribution in [0.3, 0.4) is 0 Å². The Morgan fingerprint density at radius 3 is 2.89 bits per heavy atom. The topological polar surface area (TPSA) is 59.2 Å². The number of nitrogens with two attached hydrogens (primary N) is 1. The number of hydrogen-bond donors (Lipinski definition) is 1. The van der Waals surface area contributed by atoms with Crippen LogP contribution in [0.2, 0.25) is 5.02 Å². The second-order valence-corrected chi connectivity index (χ2v) is 5.08. The second kappa shape index (κ2) is 5.57. The Balaban J connectivity index is 2.13. The van der Waals surface area contributed by atoms with Gasteiger partial charge in [0.05, 0.1) is 10.6 Å². The number of rotatable bonds is 5. The molecule has 1 saturated carbocycles. The Labute approximate surface area is 112 Å². The van der Waals surface area contributed by atoms with Crippen LogP contribution in [0, 0.1) is 0 Å². The van der Waals surface area contributed by atoms with E-state index in [1.807, 2.05) is 4.90 Å². The largest absolute Gasteiger partial charge is 0.382 e. The van der Waals surface area contributed by atoms with E-state index in [9.17, 15) is 4.79 Å². The van der Waals surface area contributed by atoms with Crippen LogP contribution in [-0.2, 0) is 0 Å². The van der Waals surface area contributed by atoms with Gasteiger partial charge in [-0.25, -0.2) is 4.98 Å². The molecule has 1 fully saturated rings. The molecule has 5 heteroatoms. The van der Waals surface area contributed by atoms with Crippen LogP contribution in [0.4, 0.5) is 5.82 Å². The standard InChI is InChI=1S/C13H18ClN3O/c1-2-3-6-17(10-4-5-10)13(18)9-7-11(14)12(15)16-8-9/h7-8,10H,2-6H2,1H3,(H2,15,16). The van der Waals surface area contributed by atoms with E-state index in [1.54, 1.807) is 6.07 Å². The molecule has 0 bridgehead atoms. The summed E-state index contributed by atoms with van der Waals surface area (Å²) in [5.74, 6) is 0.278. The van der Waals surface area contributed by atoms with Crippen LogP contribution in [0.1, 0.15) is 43.0 Å². The van der Waals surface area contributed by atoms with Gasteiger partial charge >= 0.3 is 0 Å². The van der Waals surface area contributed by atoms with Gasteiger partial charge in [-0.3, -0.25) is 4.79 Å². The summed E-state index contributed by atoms with van der Waals surface area (Å²) in [4.78, 5) is 18.3. The molecule has 2 rings (SSSR count). The fraction of sp³-hybridized carbons (Fsp3) is 0.538. The molecule has 1 heterocycles. The van der Waals surface area contributed by atoms with Gasteiger partial charge in [0.2, 0.25) is 0 Å². The highest BCUT2D eigenvalue weighted by molar-refractivity contribution is 6.33. The SMILES string of the molecule is CCCCN(C(=O)c1cnc(N)c(Cl)c1)C1CC1. The van der Waals surface area contributed by atoms with Gasteiger partial charge in [0.25, 0.3) is 5.91 Å². The van der Waals surface area contributed by atoms with Crippen LogP contribution >= 0.6 is 11.6 Å². The average molecular weight is 268 g/mol. The van der Waals surface area contributed by atoms with Gasteiger partial charge in [-0.05, 0) is 25.3 Å². The summed E-state index contributed by atoms with van der Waals surface area (Å²) >= 11 is 5.90. The number of amides is 1. The molecule has 0 spiro atoms. The molecule has 0 unspecified atom stereocenters. The summed E-state index contributed by atoms with van der Waals surface area (Å²) in [7, 11) is 0. The molecule has 4 nitrogen and oxygen atoms in total. The summed E-state index contributed by atoms with van der Waals surface area (Å²) in [6.07, 6.45) is 5.82. The van der Waals surface area contributed by atoms with Crippen LogP contribution in [0.25, 0.3) is 0 Å². The van der Waals surface area contributed by atoms with Gasteiger partial charge < -0.3 is 10.6 Å². The third-order valence-electron chi connectivity index (χ3n) is 3.12. The van der Waals surface area contributed by atoms with E-state index in [1.165, 1.54) is 6.20 Å². The number of hydrogen-bond acceptors (Lipinski definition) is 3. The molecule has 1 aliphatic carbocycles. The molecule has 0 aliphatic heterocycles. The van der Waals surface area contributed by atoms with Gasteiger partial charge in [0.15, 0.2) is 0 Å². The highest BCUT2D eigenvalue weighted by Gasteiger charge is 2.32. The lowest BCUT2D eigenvalue weighted by Crippen LogP contribution is -2.34. The van der Waals surface area contributed by atoms with E-state index in [2.05, 4.69) is 11.9 Å². The first kappa shape index (κ1) is 13.1. The van der Waals surface area contributed by atoms with Gasteiger partial charge in [-0.1, -0.05) is 24.9 Å². The summed E-state index contributed by atoms with van der Waals surface area (Å²) in [6.45, 7) is 2.93. The van der Waals surface area contributed by atoms with Crippen molar-refractivity contribution in [3.63, 3.8) is 0 Å². The maximum Gasteiger partial charge on any atom is 0.255 e. The van der Waals surface area contributed by atoms with Crippen LogP contribution < -0.4 is 5.73 Å². The third kappa shape index (κ3) is 2.93. The first-order valence-electron chi connectivity index (χ1n) is 6.35. The normalized spacial score (nSPS) is 14.6. The molecule has 2 N–H and O–H groups in total. The number of nitrogen functional groups attached to an aromatic ring is 1. The van der Waals surface area contributed by atoms with E-state index in [0.29, 0.717) is 16.6 Å². The number of carbonyl (C=O) groups is 1. The molecule has 98 valence electrons. The summed E-state index contributed by atoms with van der Waals surface area (Å²) in [5.41, 5.74) is 6.07. The zero-order valence-corrected chi connectivity index (χ0v) is 11.3. The van der Waals surface area contributed by atoms with Gasteiger partial charge in [-0.2, -0.15) is 0 Å². The maximum absolute atomic E-state index is 12.4. The summed E-state index contributed by atoms with van der Waals surface area (Å²) in [6, 6.07) is 2.01. The Bertz CT molecular complexity index is 446. The minimum atomic E-state index is 0.0142. The van der Waals surface area contributed by atoms with Crippen molar-refractivity contribution in [2.24, 2.45) is 0 Å². The molecule has 1 aromatic rings. The van der Waals surface area contributed by atoms with Crippen molar-refractivity contribution in [2.75, 3.05) is 12.3 Å². The quantitative estimate of drug-likeness (QED) is 0.892. The minimum Gasteiger partial charge on any atom is -0.382 e. The summed E-state index contributed by atoms with van der Waals surface area (Å²) in [5, 5.41) is 0.340. The van der Waals surface area contributed by atoms with Crippen LogP contribution in [-0.4, -0.2) is 28.4 Å². The van der Waals surface area contributed by atoms with Gasteiger partial charge in [-0.15, -0.1) is 0 Å². The summed E-state index contributed by atoms with van der Waals surface area (Å²) < 4.78 is 0. The van der Waals surface area contributed by atoms with E-state index in [0.717, 1.165) is 32.2 Å². The van der Waals surface area contributed by atoms with E-state index in [4.69, 9.17) is 17.3 Å². The fourth-order valence-electron chi connectivity index (χ4n) is 1.90. The highest BCUT2D eigenvalue weighted by atomic mass is 35.5. The average Bonchev–Trinajstić information content (AvgIpc) is 3.17. The van der Waals surface area contributed by atoms with Gasteiger partial charge in [0.1, 0.15) is 5.82 Å². The van der Waals surface area contributed by atoms with Gasteiger partial charge in [0, 0.05) is 18.8 Å². The van der Waals surface area contributed by atoms with Crippen molar-refractivity contribution in [2.45, 2.75) is 38.6 Å². The molecule has 1 amide bonds. The maximum atomic E-state index is 12.4. The Morgan fingerprint density at radius 1 is 1.61 bits per heavy atom. The molecule has 18 heavy (non-hydrogen) atoms. The molecule has 0 atom stereocenters. The lowest BCUT2D eigenvalue weighted by atomic mass is 10.2. The molecule has 0 saturated heterocycles. The van der Waals surface area contributed by atoms with Crippen LogP contribution in [0.15, 0.2) is 12.3 Å². The predicted octanol–water partition coefficient (Wildman–Crippen LogP) is 2.72. The lowest BCUT2D eigenvalue weighted by molar-refractivity contribution is 0.0740. The number of aromatic nitrogens is 1. The predicted molar refractivity (Wildman–Crippen MR) is 72.6 cm³/mol. The second-order valence-electron chi connectivity index (χ2n) is 4.67. The smallest absolute Gasteiger partial charge is 0.255 e. The Morgan fingerprint density at radius 2 is 2.33 bits per heavy atom. The monoisotopic (exact) mass is 267 g/mol. The number of pyridine rings is 1. The first-order valence-corrected chi connectivity index (χ1v) is 6.73. The molecule has 0 aromatic carbocycles. The van der Waals surface area contributed by atoms with Crippen molar-refractivity contribution >= 4 is 23.3 Å². The number of unbranched alkanes of at least 4 members (excludes halogenated alkanes) is 1. The minimum absolute atomic E-state index is 0.0142. The Hall–Kier alpha value is -1.29. The van der Waals surface area contributed by atoms with Crippen molar-refractivity contribution in [1.29, 1.82) is 0 Å². The highest BCUT2D eigenvalue weighted by Crippen LogP contribution is 2.29.